The first kappa shape index (κ1) is 10.4. The second-order valence-corrected chi connectivity index (χ2v) is 5.63. The second kappa shape index (κ2) is 3.74. The van der Waals surface area contributed by atoms with E-state index in [1.54, 1.807) is 7.11 Å². The van der Waals surface area contributed by atoms with Gasteiger partial charge in [0, 0.05) is 11.5 Å². The molecule has 4 atom stereocenters. The summed E-state index contributed by atoms with van der Waals surface area (Å²) < 4.78 is 5.20. The van der Waals surface area contributed by atoms with E-state index in [9.17, 15) is 0 Å². The summed E-state index contributed by atoms with van der Waals surface area (Å²) in [5.74, 6) is 2.97. The lowest BCUT2D eigenvalue weighted by Crippen LogP contribution is -2.29. The van der Waals surface area contributed by atoms with Crippen molar-refractivity contribution in [2.75, 3.05) is 7.11 Å². The number of rotatable bonds is 2. The molecule has 94 valence electrons. The van der Waals surface area contributed by atoms with Crippen molar-refractivity contribution in [1.82, 2.24) is 0 Å². The van der Waals surface area contributed by atoms with Crippen LogP contribution in [0.15, 0.2) is 29.4 Å². The first-order chi connectivity index (χ1) is 8.86. The SMILES string of the molecule is COc1ccc(C2=NO[C@@H]3[C@H]4CC[C@H](C4)[C@H]23)cc1. The number of oxime groups is 1. The Kier molecular flexibility index (Phi) is 2.16. The minimum absolute atomic E-state index is 0.362. The molecule has 1 aromatic rings. The van der Waals surface area contributed by atoms with Crippen molar-refractivity contribution >= 4 is 5.71 Å². The fourth-order valence-electron chi connectivity index (χ4n) is 3.95. The van der Waals surface area contributed by atoms with Crippen LogP contribution < -0.4 is 4.74 Å². The van der Waals surface area contributed by atoms with E-state index < -0.39 is 0 Å². The van der Waals surface area contributed by atoms with Crippen LogP contribution in [-0.4, -0.2) is 18.9 Å². The summed E-state index contributed by atoms with van der Waals surface area (Å²) in [6.45, 7) is 0. The van der Waals surface area contributed by atoms with Crippen LogP contribution in [0.4, 0.5) is 0 Å². The van der Waals surface area contributed by atoms with E-state index in [4.69, 9.17) is 9.57 Å². The van der Waals surface area contributed by atoms with Crippen molar-refractivity contribution in [2.24, 2.45) is 22.9 Å². The molecular formula is C15H17NO2. The number of methoxy groups -OCH3 is 1. The molecule has 0 amide bonds. The highest BCUT2D eigenvalue weighted by atomic mass is 16.6. The molecule has 3 heteroatoms. The molecule has 18 heavy (non-hydrogen) atoms. The van der Waals surface area contributed by atoms with Gasteiger partial charge in [0.2, 0.25) is 0 Å². The zero-order chi connectivity index (χ0) is 12.1. The zero-order valence-electron chi connectivity index (χ0n) is 10.5. The molecule has 1 aliphatic heterocycles. The van der Waals surface area contributed by atoms with Crippen molar-refractivity contribution in [3.63, 3.8) is 0 Å². The summed E-state index contributed by atoms with van der Waals surface area (Å²) in [7, 11) is 1.69. The van der Waals surface area contributed by atoms with Gasteiger partial charge in [0.1, 0.15) is 11.9 Å². The van der Waals surface area contributed by atoms with Crippen molar-refractivity contribution in [3.05, 3.63) is 29.8 Å². The van der Waals surface area contributed by atoms with Gasteiger partial charge < -0.3 is 9.57 Å². The molecule has 0 N–H and O–H groups in total. The Bertz CT molecular complexity index is 494. The van der Waals surface area contributed by atoms with Crippen LogP contribution in [0.1, 0.15) is 24.8 Å². The molecule has 3 nitrogen and oxygen atoms in total. The first-order valence-electron chi connectivity index (χ1n) is 6.75. The third-order valence-corrected chi connectivity index (χ3v) is 4.81. The molecule has 0 radical (unpaired) electrons. The lowest BCUT2D eigenvalue weighted by Gasteiger charge is -2.23. The highest BCUT2D eigenvalue weighted by molar-refractivity contribution is 6.03. The van der Waals surface area contributed by atoms with Crippen molar-refractivity contribution in [1.29, 1.82) is 0 Å². The maximum atomic E-state index is 5.69. The van der Waals surface area contributed by atoms with Crippen molar-refractivity contribution in [2.45, 2.75) is 25.4 Å². The fourth-order valence-corrected chi connectivity index (χ4v) is 3.95. The Morgan fingerprint density at radius 2 is 1.94 bits per heavy atom. The molecule has 0 spiro atoms. The molecule has 1 aromatic carbocycles. The van der Waals surface area contributed by atoms with Crippen molar-refractivity contribution < 1.29 is 9.57 Å². The Hall–Kier alpha value is -1.51. The molecule has 4 rings (SSSR count). The van der Waals surface area contributed by atoms with E-state index in [2.05, 4.69) is 17.3 Å². The molecule has 0 unspecified atom stereocenters. The van der Waals surface area contributed by atoms with Crippen LogP contribution in [0.5, 0.6) is 5.75 Å². The predicted molar refractivity (Wildman–Crippen MR) is 68.7 cm³/mol. The summed E-state index contributed by atoms with van der Waals surface area (Å²) >= 11 is 0. The molecule has 3 aliphatic rings. The second-order valence-electron chi connectivity index (χ2n) is 5.63. The van der Waals surface area contributed by atoms with E-state index in [1.807, 2.05) is 12.1 Å². The van der Waals surface area contributed by atoms with E-state index in [-0.39, 0.29) is 0 Å². The first-order valence-corrected chi connectivity index (χ1v) is 6.75. The van der Waals surface area contributed by atoms with Gasteiger partial charge in [-0.3, -0.25) is 0 Å². The molecule has 2 bridgehead atoms. The minimum Gasteiger partial charge on any atom is -0.497 e. The van der Waals surface area contributed by atoms with Crippen LogP contribution in [0.3, 0.4) is 0 Å². The van der Waals surface area contributed by atoms with Crippen LogP contribution in [0, 0.1) is 17.8 Å². The Morgan fingerprint density at radius 1 is 1.17 bits per heavy atom. The summed E-state index contributed by atoms with van der Waals surface area (Å²) in [5, 5.41) is 4.36. The lowest BCUT2D eigenvalue weighted by atomic mass is 9.81. The standard InChI is InChI=1S/C15H17NO2/c1-17-12-6-4-9(5-7-12)14-13-10-2-3-11(8-10)15(13)18-16-14/h4-7,10-11,13,15H,2-3,8H2,1H3/t10-,11+,13-,15-/m1/s1. The van der Waals surface area contributed by atoms with Gasteiger partial charge in [-0.25, -0.2) is 0 Å². The van der Waals surface area contributed by atoms with E-state index in [1.165, 1.54) is 24.8 Å². The van der Waals surface area contributed by atoms with Crippen LogP contribution in [0.25, 0.3) is 0 Å². The van der Waals surface area contributed by atoms with Gasteiger partial charge in [-0.1, -0.05) is 5.16 Å². The van der Waals surface area contributed by atoms with Gasteiger partial charge in [-0.15, -0.1) is 0 Å². The largest absolute Gasteiger partial charge is 0.497 e. The van der Waals surface area contributed by atoms with Gasteiger partial charge >= 0.3 is 0 Å². The minimum atomic E-state index is 0.362. The summed E-state index contributed by atoms with van der Waals surface area (Å²) in [6, 6.07) is 8.18. The third-order valence-electron chi connectivity index (χ3n) is 4.81. The normalized spacial score (nSPS) is 36.2. The number of benzene rings is 1. The van der Waals surface area contributed by atoms with Crippen LogP contribution in [0.2, 0.25) is 0 Å². The summed E-state index contributed by atoms with van der Waals surface area (Å²) in [6.07, 6.45) is 4.38. The summed E-state index contributed by atoms with van der Waals surface area (Å²) in [4.78, 5) is 5.69. The quantitative estimate of drug-likeness (QED) is 0.799. The van der Waals surface area contributed by atoms with Gasteiger partial charge in [-0.2, -0.15) is 0 Å². The number of hydrogen-bond donors (Lipinski definition) is 0. The van der Waals surface area contributed by atoms with E-state index in [0.29, 0.717) is 12.0 Å². The maximum absolute atomic E-state index is 5.69. The highest BCUT2D eigenvalue weighted by Gasteiger charge is 2.54. The molecule has 0 saturated heterocycles. The average molecular weight is 243 g/mol. The number of hydrogen-bond acceptors (Lipinski definition) is 3. The monoisotopic (exact) mass is 243 g/mol. The molecule has 2 fully saturated rings. The van der Waals surface area contributed by atoms with Crippen LogP contribution in [-0.2, 0) is 4.84 Å². The highest BCUT2D eigenvalue weighted by Crippen LogP contribution is 2.53. The number of nitrogens with zero attached hydrogens (tertiary/aromatic N) is 1. The number of fused-ring (bicyclic) bond motifs is 5. The Balaban J connectivity index is 1.65. The fraction of sp³-hybridized carbons (Fsp3) is 0.533. The Labute approximate surface area is 107 Å². The number of ether oxygens (including phenoxy) is 1. The maximum Gasteiger partial charge on any atom is 0.139 e. The van der Waals surface area contributed by atoms with E-state index in [0.717, 1.165) is 23.3 Å². The molecule has 0 aromatic heterocycles. The van der Waals surface area contributed by atoms with Crippen molar-refractivity contribution in [3.8, 4) is 5.75 Å². The lowest BCUT2D eigenvalue weighted by molar-refractivity contribution is 0.0275. The smallest absolute Gasteiger partial charge is 0.139 e. The van der Waals surface area contributed by atoms with E-state index >= 15 is 0 Å². The molecule has 2 saturated carbocycles. The predicted octanol–water partition coefficient (Wildman–Crippen LogP) is 2.84. The molecular weight excluding hydrogens is 226 g/mol. The zero-order valence-corrected chi connectivity index (χ0v) is 10.5. The van der Waals surface area contributed by atoms with Gasteiger partial charge in [-0.05, 0) is 55.4 Å². The Morgan fingerprint density at radius 3 is 2.72 bits per heavy atom. The van der Waals surface area contributed by atoms with Crippen LogP contribution >= 0.6 is 0 Å². The third kappa shape index (κ3) is 1.33. The topological polar surface area (TPSA) is 30.8 Å². The van der Waals surface area contributed by atoms with Gasteiger partial charge in [0.15, 0.2) is 0 Å². The van der Waals surface area contributed by atoms with Gasteiger partial charge in [0.05, 0.1) is 12.8 Å². The van der Waals surface area contributed by atoms with Gasteiger partial charge in [0.25, 0.3) is 0 Å². The summed E-state index contributed by atoms with van der Waals surface area (Å²) in [5.41, 5.74) is 2.35. The average Bonchev–Trinajstić information content (AvgIpc) is 3.11. The molecule has 2 aliphatic carbocycles. The molecule has 1 heterocycles.